The van der Waals surface area contributed by atoms with E-state index in [-0.39, 0.29) is 5.60 Å². The van der Waals surface area contributed by atoms with E-state index in [9.17, 15) is 0 Å². The number of ether oxygens (including phenoxy) is 1. The summed E-state index contributed by atoms with van der Waals surface area (Å²) in [5.41, 5.74) is 9.36. The number of nitrogen functional groups attached to an aromatic ring is 1. The average Bonchev–Trinajstić information content (AvgIpc) is 2.61. The number of rotatable bonds is 5. The molecule has 3 N–H and O–H groups in total. The Morgan fingerprint density at radius 1 is 1.30 bits per heavy atom. The smallest absolute Gasteiger partial charge is 0.132 e. The highest BCUT2D eigenvalue weighted by atomic mass is 16.5. The first kappa shape index (κ1) is 19.3. The highest BCUT2D eigenvalue weighted by Gasteiger charge is 2.28. The number of anilines is 2. The third kappa shape index (κ3) is 4.63. The Kier molecular flexibility index (Phi) is 5.46. The zero-order valence-corrected chi connectivity index (χ0v) is 16.6. The van der Waals surface area contributed by atoms with Crippen molar-refractivity contribution in [1.29, 1.82) is 5.41 Å². The standard InChI is InChI=1S/C21H29N5O/c1-14(2)9-15-5-6-17(22)16(10-15)20(23)18-11-19(25-13-24-18)26-7-8-27-21(3,4)12-26/h5-6,10-11,13-14,23H,7-9,12,22H2,1-4H3. The second-order valence-electron chi connectivity index (χ2n) is 8.19. The van der Waals surface area contributed by atoms with E-state index >= 15 is 0 Å². The Morgan fingerprint density at radius 3 is 2.78 bits per heavy atom. The molecule has 6 nitrogen and oxygen atoms in total. The molecule has 1 saturated heterocycles. The molecule has 1 aliphatic heterocycles. The molecule has 1 aliphatic rings. The maximum absolute atomic E-state index is 8.67. The van der Waals surface area contributed by atoms with Gasteiger partial charge in [0.1, 0.15) is 12.1 Å². The van der Waals surface area contributed by atoms with Crippen molar-refractivity contribution in [2.45, 2.75) is 39.7 Å². The molecule has 0 amide bonds. The monoisotopic (exact) mass is 367 g/mol. The quantitative estimate of drug-likeness (QED) is 0.625. The van der Waals surface area contributed by atoms with E-state index in [1.165, 1.54) is 11.9 Å². The number of hydrogen-bond acceptors (Lipinski definition) is 6. The van der Waals surface area contributed by atoms with Gasteiger partial charge in [0.25, 0.3) is 0 Å². The van der Waals surface area contributed by atoms with Gasteiger partial charge in [-0.05, 0) is 43.9 Å². The second kappa shape index (κ2) is 7.64. The minimum Gasteiger partial charge on any atom is -0.398 e. The topological polar surface area (TPSA) is 88.1 Å². The number of morpholine rings is 1. The lowest BCUT2D eigenvalue weighted by Crippen LogP contribution is -2.48. The van der Waals surface area contributed by atoms with Crippen LogP contribution in [-0.4, -0.2) is 41.0 Å². The Hall–Kier alpha value is -2.47. The number of aromatic nitrogens is 2. The molecule has 0 atom stereocenters. The first-order chi connectivity index (χ1) is 12.7. The van der Waals surface area contributed by atoms with Crippen LogP contribution in [0, 0.1) is 11.3 Å². The largest absolute Gasteiger partial charge is 0.398 e. The van der Waals surface area contributed by atoms with Crippen molar-refractivity contribution < 1.29 is 4.74 Å². The molecule has 1 fully saturated rings. The van der Waals surface area contributed by atoms with Crippen LogP contribution < -0.4 is 10.6 Å². The van der Waals surface area contributed by atoms with Crippen molar-refractivity contribution in [2.75, 3.05) is 30.3 Å². The third-order valence-electron chi connectivity index (χ3n) is 4.69. The van der Waals surface area contributed by atoms with Crippen molar-refractivity contribution in [2.24, 2.45) is 5.92 Å². The van der Waals surface area contributed by atoms with Gasteiger partial charge in [-0.15, -0.1) is 0 Å². The number of nitrogens with one attached hydrogen (secondary N) is 1. The van der Waals surface area contributed by atoms with Gasteiger partial charge in [-0.3, -0.25) is 5.41 Å². The Bertz CT molecular complexity index is 831. The summed E-state index contributed by atoms with van der Waals surface area (Å²) in [5.74, 6) is 1.36. The molecule has 1 aromatic carbocycles. The van der Waals surface area contributed by atoms with Crippen LogP contribution in [0.1, 0.15) is 44.5 Å². The van der Waals surface area contributed by atoms with Gasteiger partial charge in [0.15, 0.2) is 0 Å². The van der Waals surface area contributed by atoms with Gasteiger partial charge in [-0.25, -0.2) is 9.97 Å². The maximum atomic E-state index is 8.67. The van der Waals surface area contributed by atoms with E-state index in [1.54, 1.807) is 0 Å². The Labute approximate surface area is 161 Å². The molecular formula is C21H29N5O. The predicted molar refractivity (Wildman–Crippen MR) is 110 cm³/mol. The molecule has 0 spiro atoms. The van der Waals surface area contributed by atoms with Gasteiger partial charge < -0.3 is 15.4 Å². The Morgan fingerprint density at radius 2 is 2.07 bits per heavy atom. The number of benzene rings is 1. The van der Waals surface area contributed by atoms with Crippen LogP contribution in [0.3, 0.4) is 0 Å². The summed E-state index contributed by atoms with van der Waals surface area (Å²) in [6.45, 7) is 10.7. The van der Waals surface area contributed by atoms with Crippen LogP contribution >= 0.6 is 0 Å². The van der Waals surface area contributed by atoms with E-state index in [2.05, 4.69) is 42.6 Å². The molecule has 0 aliphatic carbocycles. The molecule has 2 aromatic rings. The normalized spacial score (nSPS) is 16.6. The molecule has 27 heavy (non-hydrogen) atoms. The molecular weight excluding hydrogens is 338 g/mol. The van der Waals surface area contributed by atoms with Crippen LogP contribution in [0.2, 0.25) is 0 Å². The zero-order valence-electron chi connectivity index (χ0n) is 16.6. The molecule has 0 radical (unpaired) electrons. The summed E-state index contributed by atoms with van der Waals surface area (Å²) < 4.78 is 5.78. The fraction of sp³-hybridized carbons (Fsp3) is 0.476. The van der Waals surface area contributed by atoms with E-state index in [0.29, 0.717) is 29.6 Å². The summed E-state index contributed by atoms with van der Waals surface area (Å²) in [7, 11) is 0. The fourth-order valence-corrected chi connectivity index (χ4v) is 3.43. The van der Waals surface area contributed by atoms with Gasteiger partial charge in [-0.1, -0.05) is 19.9 Å². The SMILES string of the molecule is CC(C)Cc1ccc(N)c(C(=N)c2cc(N3CCOC(C)(C)C3)ncn2)c1. The third-order valence-corrected chi connectivity index (χ3v) is 4.69. The van der Waals surface area contributed by atoms with Crippen molar-refractivity contribution in [3.8, 4) is 0 Å². The predicted octanol–water partition coefficient (Wildman–Crippen LogP) is 3.29. The van der Waals surface area contributed by atoms with E-state index in [1.807, 2.05) is 24.3 Å². The van der Waals surface area contributed by atoms with Gasteiger partial charge in [0.05, 0.1) is 23.6 Å². The van der Waals surface area contributed by atoms with E-state index in [0.717, 1.165) is 30.9 Å². The summed E-state index contributed by atoms with van der Waals surface area (Å²) in [4.78, 5) is 10.9. The number of hydrogen-bond donors (Lipinski definition) is 2. The molecule has 1 aromatic heterocycles. The van der Waals surface area contributed by atoms with Crippen molar-refractivity contribution in [3.63, 3.8) is 0 Å². The van der Waals surface area contributed by atoms with Gasteiger partial charge in [0.2, 0.25) is 0 Å². The van der Waals surface area contributed by atoms with Crippen LogP contribution in [0.4, 0.5) is 11.5 Å². The molecule has 2 heterocycles. The summed E-state index contributed by atoms with van der Waals surface area (Å²) in [5, 5.41) is 8.67. The highest BCUT2D eigenvalue weighted by molar-refractivity contribution is 6.13. The van der Waals surface area contributed by atoms with Crippen molar-refractivity contribution >= 4 is 17.2 Å². The molecule has 0 unspecified atom stereocenters. The van der Waals surface area contributed by atoms with Gasteiger partial charge in [-0.2, -0.15) is 0 Å². The zero-order chi connectivity index (χ0) is 19.6. The first-order valence-electron chi connectivity index (χ1n) is 9.44. The highest BCUT2D eigenvalue weighted by Crippen LogP contribution is 2.24. The minimum absolute atomic E-state index is 0.216. The molecule has 144 valence electrons. The second-order valence-corrected chi connectivity index (χ2v) is 8.19. The van der Waals surface area contributed by atoms with Crippen molar-refractivity contribution in [1.82, 2.24) is 9.97 Å². The molecule has 6 heteroatoms. The Balaban J connectivity index is 1.88. The van der Waals surface area contributed by atoms with E-state index < -0.39 is 0 Å². The minimum atomic E-state index is -0.216. The van der Waals surface area contributed by atoms with Crippen LogP contribution in [0.25, 0.3) is 0 Å². The fourth-order valence-electron chi connectivity index (χ4n) is 3.43. The lowest BCUT2D eigenvalue weighted by Gasteiger charge is -2.38. The number of nitrogens with two attached hydrogens (primary N) is 1. The van der Waals surface area contributed by atoms with Gasteiger partial charge >= 0.3 is 0 Å². The van der Waals surface area contributed by atoms with Crippen LogP contribution in [0.5, 0.6) is 0 Å². The molecule has 0 bridgehead atoms. The van der Waals surface area contributed by atoms with E-state index in [4.69, 9.17) is 15.9 Å². The summed E-state index contributed by atoms with van der Waals surface area (Å²) >= 11 is 0. The average molecular weight is 367 g/mol. The lowest BCUT2D eigenvalue weighted by atomic mass is 9.97. The van der Waals surface area contributed by atoms with Crippen LogP contribution in [0.15, 0.2) is 30.6 Å². The molecule has 0 saturated carbocycles. The van der Waals surface area contributed by atoms with Crippen LogP contribution in [-0.2, 0) is 11.2 Å². The van der Waals surface area contributed by atoms with Gasteiger partial charge in [0, 0.05) is 30.4 Å². The van der Waals surface area contributed by atoms with Crippen molar-refractivity contribution in [3.05, 3.63) is 47.4 Å². The maximum Gasteiger partial charge on any atom is 0.132 e. The first-order valence-corrected chi connectivity index (χ1v) is 9.44. The molecule has 3 rings (SSSR count). The number of nitrogens with zero attached hydrogens (tertiary/aromatic N) is 3. The lowest BCUT2D eigenvalue weighted by molar-refractivity contribution is -0.0279. The summed E-state index contributed by atoms with van der Waals surface area (Å²) in [6.07, 6.45) is 2.48. The summed E-state index contributed by atoms with van der Waals surface area (Å²) in [6, 6.07) is 7.80.